The van der Waals surface area contributed by atoms with E-state index >= 15 is 0 Å². The predicted molar refractivity (Wildman–Crippen MR) is 94.2 cm³/mol. The van der Waals surface area contributed by atoms with Crippen LogP contribution in [0.3, 0.4) is 0 Å². The first-order chi connectivity index (χ1) is 10.0. The number of hydrogen-bond acceptors (Lipinski definition) is 4. The molecular weight excluding hydrogens is 416 g/mol. The minimum Gasteiger partial charge on any atom is -0.303 e. The summed E-state index contributed by atoms with van der Waals surface area (Å²) in [5, 5.41) is 0. The Morgan fingerprint density at radius 1 is 1.38 bits per heavy atom. The van der Waals surface area contributed by atoms with Crippen molar-refractivity contribution < 1.29 is 4.79 Å². The number of rotatable bonds is 3. The average molecular weight is 436 g/mol. The van der Waals surface area contributed by atoms with E-state index in [0.29, 0.717) is 6.54 Å². The Balaban J connectivity index is 1.61. The fraction of sp³-hybridized carbons (Fsp3) is 0.667. The van der Waals surface area contributed by atoms with E-state index in [0.717, 1.165) is 38.2 Å². The normalized spacial score (nSPS) is 27.6. The van der Waals surface area contributed by atoms with Crippen molar-refractivity contribution in [1.29, 1.82) is 0 Å². The summed E-state index contributed by atoms with van der Waals surface area (Å²) >= 11 is 8.50. The lowest BCUT2D eigenvalue weighted by Gasteiger charge is -2.45. The molecule has 1 aromatic heterocycles. The second-order valence-corrected chi connectivity index (χ2v) is 9.88. The molecule has 3 rings (SSSR count). The van der Waals surface area contributed by atoms with Gasteiger partial charge in [0, 0.05) is 24.7 Å². The highest BCUT2D eigenvalue weighted by molar-refractivity contribution is 9.12. The van der Waals surface area contributed by atoms with E-state index in [4.69, 9.17) is 0 Å². The number of piperidine rings is 2. The fourth-order valence-electron chi connectivity index (χ4n) is 3.69. The molecule has 1 aromatic rings. The van der Waals surface area contributed by atoms with Gasteiger partial charge in [-0.1, -0.05) is 0 Å². The van der Waals surface area contributed by atoms with E-state index in [1.807, 2.05) is 6.07 Å². The van der Waals surface area contributed by atoms with Gasteiger partial charge in [-0.25, -0.2) is 0 Å². The molecule has 0 amide bonds. The van der Waals surface area contributed by atoms with Crippen LogP contribution in [0.4, 0.5) is 0 Å². The molecule has 2 unspecified atom stereocenters. The lowest BCUT2D eigenvalue weighted by atomic mass is 9.84. The first-order valence-corrected chi connectivity index (χ1v) is 9.85. The van der Waals surface area contributed by atoms with E-state index in [1.54, 1.807) is 11.3 Å². The van der Waals surface area contributed by atoms with Crippen LogP contribution in [0.1, 0.15) is 29.6 Å². The monoisotopic (exact) mass is 434 g/mol. The minimum atomic E-state index is 0.228. The summed E-state index contributed by atoms with van der Waals surface area (Å²) in [6.07, 6.45) is 3.80. The van der Waals surface area contributed by atoms with Crippen LogP contribution in [0, 0.1) is 5.92 Å². The molecular formula is C15H20Br2N2OS. The van der Waals surface area contributed by atoms with Crippen LogP contribution in [0.25, 0.3) is 0 Å². The summed E-state index contributed by atoms with van der Waals surface area (Å²) < 4.78 is 1.94. The molecule has 0 radical (unpaired) electrons. The van der Waals surface area contributed by atoms with Gasteiger partial charge < -0.3 is 4.90 Å². The van der Waals surface area contributed by atoms with Crippen LogP contribution in [0.2, 0.25) is 0 Å². The van der Waals surface area contributed by atoms with Crippen LogP contribution >= 0.6 is 43.2 Å². The third-order valence-electron chi connectivity index (χ3n) is 4.75. The molecule has 0 N–H and O–H groups in total. The van der Waals surface area contributed by atoms with E-state index in [2.05, 4.69) is 48.7 Å². The van der Waals surface area contributed by atoms with E-state index < -0.39 is 0 Å². The smallest absolute Gasteiger partial charge is 0.178 e. The standard InChI is InChI=1S/C15H20Br2N2OS/c1-18-5-2-3-10-8-19(6-4-12(10)18)9-13(20)11-7-14(16)21-15(11)17/h7,10,12H,2-6,8-9H2,1H3. The summed E-state index contributed by atoms with van der Waals surface area (Å²) in [5.74, 6) is 0.967. The molecule has 2 aliphatic heterocycles. The highest BCUT2D eigenvalue weighted by Crippen LogP contribution is 2.33. The number of halogens is 2. The molecule has 3 nitrogen and oxygen atoms in total. The zero-order chi connectivity index (χ0) is 15.0. The summed E-state index contributed by atoms with van der Waals surface area (Å²) in [5.41, 5.74) is 0.815. The van der Waals surface area contributed by atoms with Crippen LogP contribution in [-0.2, 0) is 0 Å². The van der Waals surface area contributed by atoms with Gasteiger partial charge in [0.15, 0.2) is 5.78 Å². The Hall–Kier alpha value is 0.250. The zero-order valence-corrected chi connectivity index (χ0v) is 16.1. The second kappa shape index (κ2) is 6.79. The summed E-state index contributed by atoms with van der Waals surface area (Å²) in [6.45, 7) is 3.90. The van der Waals surface area contributed by atoms with Gasteiger partial charge >= 0.3 is 0 Å². The van der Waals surface area contributed by atoms with Gasteiger partial charge in [0.25, 0.3) is 0 Å². The van der Waals surface area contributed by atoms with Gasteiger partial charge in [0.05, 0.1) is 14.1 Å². The number of fused-ring (bicyclic) bond motifs is 1. The van der Waals surface area contributed by atoms with Gasteiger partial charge in [-0.2, -0.15) is 0 Å². The van der Waals surface area contributed by atoms with Crippen molar-refractivity contribution in [3.8, 4) is 0 Å². The van der Waals surface area contributed by atoms with Crippen molar-refractivity contribution in [3.05, 3.63) is 19.2 Å². The van der Waals surface area contributed by atoms with Crippen molar-refractivity contribution in [2.45, 2.75) is 25.3 Å². The Labute approximate surface area is 146 Å². The summed E-state index contributed by atoms with van der Waals surface area (Å²) in [6, 6.07) is 2.66. The molecule has 2 aliphatic rings. The Morgan fingerprint density at radius 2 is 2.19 bits per heavy atom. The Bertz CT molecular complexity index is 534. The largest absolute Gasteiger partial charge is 0.303 e. The van der Waals surface area contributed by atoms with E-state index in [-0.39, 0.29) is 5.78 Å². The van der Waals surface area contributed by atoms with E-state index in [9.17, 15) is 4.79 Å². The van der Waals surface area contributed by atoms with Crippen molar-refractivity contribution in [2.75, 3.05) is 33.2 Å². The molecule has 21 heavy (non-hydrogen) atoms. The molecule has 2 saturated heterocycles. The Morgan fingerprint density at radius 3 is 2.90 bits per heavy atom. The van der Waals surface area contributed by atoms with Crippen molar-refractivity contribution >= 4 is 49.0 Å². The van der Waals surface area contributed by atoms with Crippen LogP contribution in [0.15, 0.2) is 13.6 Å². The van der Waals surface area contributed by atoms with Crippen molar-refractivity contribution in [3.63, 3.8) is 0 Å². The maximum absolute atomic E-state index is 12.5. The fourth-order valence-corrected chi connectivity index (χ4v) is 6.55. The SMILES string of the molecule is CN1CCCC2CN(CC(=O)c3cc(Br)sc3Br)CCC21. The minimum absolute atomic E-state index is 0.228. The lowest BCUT2D eigenvalue weighted by molar-refractivity contribution is 0.0378. The molecule has 3 heterocycles. The van der Waals surface area contributed by atoms with Crippen molar-refractivity contribution in [2.24, 2.45) is 5.92 Å². The van der Waals surface area contributed by atoms with Crippen LogP contribution in [-0.4, -0.2) is 54.9 Å². The topological polar surface area (TPSA) is 23.6 Å². The maximum Gasteiger partial charge on any atom is 0.178 e. The summed E-state index contributed by atoms with van der Waals surface area (Å²) in [4.78, 5) is 17.3. The number of ketones is 1. The number of nitrogens with zero attached hydrogens (tertiary/aromatic N) is 2. The van der Waals surface area contributed by atoms with Crippen LogP contribution < -0.4 is 0 Å². The molecule has 116 valence electrons. The number of likely N-dealkylation sites (tertiary alicyclic amines) is 2. The molecule has 6 heteroatoms. The quantitative estimate of drug-likeness (QED) is 0.673. The van der Waals surface area contributed by atoms with Gasteiger partial charge in [-0.15, -0.1) is 11.3 Å². The molecule has 0 bridgehead atoms. The number of Topliss-reactive ketones (excluding diaryl/α,β-unsaturated/α-hetero) is 1. The summed E-state index contributed by atoms with van der Waals surface area (Å²) in [7, 11) is 2.25. The highest BCUT2D eigenvalue weighted by Gasteiger charge is 2.34. The second-order valence-electron chi connectivity index (χ2n) is 6.14. The molecule has 0 saturated carbocycles. The maximum atomic E-state index is 12.5. The van der Waals surface area contributed by atoms with Gasteiger partial charge in [0.1, 0.15) is 0 Å². The third kappa shape index (κ3) is 3.61. The number of hydrogen-bond donors (Lipinski definition) is 0. The molecule has 0 aliphatic carbocycles. The van der Waals surface area contributed by atoms with E-state index in [1.165, 1.54) is 25.8 Å². The highest BCUT2D eigenvalue weighted by atomic mass is 79.9. The first-order valence-electron chi connectivity index (χ1n) is 7.45. The first kappa shape index (κ1) is 16.1. The molecule has 0 spiro atoms. The number of thiophene rings is 1. The zero-order valence-electron chi connectivity index (χ0n) is 12.1. The van der Waals surface area contributed by atoms with Gasteiger partial charge in [-0.05, 0) is 76.7 Å². The average Bonchev–Trinajstić information content (AvgIpc) is 2.78. The van der Waals surface area contributed by atoms with Gasteiger partial charge in [0.2, 0.25) is 0 Å². The molecule has 0 aromatic carbocycles. The molecule has 2 fully saturated rings. The van der Waals surface area contributed by atoms with Crippen molar-refractivity contribution in [1.82, 2.24) is 9.80 Å². The number of carbonyl (C=O) groups is 1. The molecule has 2 atom stereocenters. The lowest BCUT2D eigenvalue weighted by Crippen LogP contribution is -2.53. The predicted octanol–water partition coefficient (Wildman–Crippen LogP) is 3.87. The van der Waals surface area contributed by atoms with Crippen LogP contribution in [0.5, 0.6) is 0 Å². The van der Waals surface area contributed by atoms with Gasteiger partial charge in [-0.3, -0.25) is 9.69 Å². The number of carbonyl (C=O) groups excluding carboxylic acids is 1. The Kier molecular flexibility index (Phi) is 5.21. The third-order valence-corrected chi connectivity index (χ3v) is 7.09.